The van der Waals surface area contributed by atoms with Gasteiger partial charge in [0.25, 0.3) is 0 Å². The summed E-state index contributed by atoms with van der Waals surface area (Å²) in [5.74, 6) is 1.06. The van der Waals surface area contributed by atoms with Crippen LogP contribution in [0.15, 0.2) is 0 Å². The second-order valence-electron chi connectivity index (χ2n) is 3.79. The van der Waals surface area contributed by atoms with E-state index in [0.29, 0.717) is 0 Å². The molecule has 0 aliphatic heterocycles. The van der Waals surface area contributed by atoms with Crippen molar-refractivity contribution in [1.29, 1.82) is 0 Å². The van der Waals surface area contributed by atoms with Gasteiger partial charge in [-0.2, -0.15) is 11.8 Å². The van der Waals surface area contributed by atoms with Gasteiger partial charge in [0.2, 0.25) is 0 Å². The van der Waals surface area contributed by atoms with Crippen LogP contribution in [0.25, 0.3) is 0 Å². The highest BCUT2D eigenvalue weighted by Crippen LogP contribution is 2.29. The van der Waals surface area contributed by atoms with Crippen molar-refractivity contribution in [2.24, 2.45) is 5.92 Å². The Hall–Kier alpha value is 0.350. The molecule has 1 unspecified atom stereocenters. The average Bonchev–Trinajstić information content (AvgIpc) is 2.06. The summed E-state index contributed by atoms with van der Waals surface area (Å²) in [5, 5.41) is 0.887. The van der Waals surface area contributed by atoms with E-state index < -0.39 is 0 Å². The summed E-state index contributed by atoms with van der Waals surface area (Å²) >= 11 is 2.02. The normalized spacial score (nSPS) is 23.5. The predicted molar refractivity (Wildman–Crippen MR) is 54.2 cm³/mol. The van der Waals surface area contributed by atoms with Gasteiger partial charge in [0, 0.05) is 5.25 Å². The Morgan fingerprint density at radius 2 is 1.91 bits per heavy atom. The molecule has 1 aliphatic carbocycles. The van der Waals surface area contributed by atoms with E-state index in [1.165, 1.54) is 38.5 Å². The summed E-state index contributed by atoms with van der Waals surface area (Å²) in [6, 6.07) is 0. The summed E-state index contributed by atoms with van der Waals surface area (Å²) in [6.45, 7) is 2.36. The van der Waals surface area contributed by atoms with Crippen LogP contribution in [-0.4, -0.2) is 11.5 Å². The molecule has 11 heavy (non-hydrogen) atoms. The molecule has 0 spiro atoms. The van der Waals surface area contributed by atoms with E-state index in [2.05, 4.69) is 13.2 Å². The molecular formula is C10H20S. The molecule has 0 N–H and O–H groups in total. The molecule has 0 aromatic carbocycles. The SMILES string of the molecule is CSC(C)CC1CCCCC1. The van der Waals surface area contributed by atoms with Crippen LogP contribution >= 0.6 is 11.8 Å². The van der Waals surface area contributed by atoms with E-state index in [9.17, 15) is 0 Å². The van der Waals surface area contributed by atoms with Crippen molar-refractivity contribution in [2.75, 3.05) is 6.26 Å². The number of rotatable bonds is 3. The van der Waals surface area contributed by atoms with Gasteiger partial charge in [-0.05, 0) is 18.6 Å². The average molecular weight is 172 g/mol. The smallest absolute Gasteiger partial charge is 0.00185 e. The first-order chi connectivity index (χ1) is 5.33. The van der Waals surface area contributed by atoms with Gasteiger partial charge in [-0.1, -0.05) is 39.0 Å². The lowest BCUT2D eigenvalue weighted by atomic mass is 9.86. The van der Waals surface area contributed by atoms with Crippen molar-refractivity contribution in [3.63, 3.8) is 0 Å². The molecule has 0 aromatic heterocycles. The highest BCUT2D eigenvalue weighted by molar-refractivity contribution is 7.99. The van der Waals surface area contributed by atoms with Crippen LogP contribution in [0, 0.1) is 5.92 Å². The maximum atomic E-state index is 2.36. The molecule has 0 bridgehead atoms. The van der Waals surface area contributed by atoms with Crippen molar-refractivity contribution in [1.82, 2.24) is 0 Å². The molecular weight excluding hydrogens is 152 g/mol. The lowest BCUT2D eigenvalue weighted by Crippen LogP contribution is -2.11. The van der Waals surface area contributed by atoms with Gasteiger partial charge in [0.15, 0.2) is 0 Å². The van der Waals surface area contributed by atoms with Gasteiger partial charge in [-0.15, -0.1) is 0 Å². The highest BCUT2D eigenvalue weighted by Gasteiger charge is 2.15. The fraction of sp³-hybridized carbons (Fsp3) is 1.00. The second-order valence-corrected chi connectivity index (χ2v) is 5.06. The molecule has 1 saturated carbocycles. The molecule has 1 atom stereocenters. The minimum Gasteiger partial charge on any atom is -0.162 e. The van der Waals surface area contributed by atoms with Crippen LogP contribution in [0.1, 0.15) is 45.4 Å². The van der Waals surface area contributed by atoms with Gasteiger partial charge in [-0.25, -0.2) is 0 Å². The van der Waals surface area contributed by atoms with Gasteiger partial charge in [0.05, 0.1) is 0 Å². The Bertz CT molecular complexity index is 95.0. The molecule has 0 saturated heterocycles. The molecule has 0 radical (unpaired) electrons. The van der Waals surface area contributed by atoms with Crippen LogP contribution in [0.2, 0.25) is 0 Å². The van der Waals surface area contributed by atoms with E-state index in [4.69, 9.17) is 0 Å². The van der Waals surface area contributed by atoms with E-state index >= 15 is 0 Å². The second kappa shape index (κ2) is 5.08. The Morgan fingerprint density at radius 1 is 1.27 bits per heavy atom. The quantitative estimate of drug-likeness (QED) is 0.625. The van der Waals surface area contributed by atoms with Crippen LogP contribution < -0.4 is 0 Å². The molecule has 1 aliphatic rings. The predicted octanol–water partition coefficient (Wildman–Crippen LogP) is 3.71. The Labute approximate surface area is 75.1 Å². The fourth-order valence-corrected chi connectivity index (χ4v) is 2.45. The molecule has 0 amide bonds. The highest BCUT2D eigenvalue weighted by atomic mass is 32.2. The molecule has 1 rings (SSSR count). The maximum Gasteiger partial charge on any atom is 0.00185 e. The summed E-state index contributed by atoms with van der Waals surface area (Å²) < 4.78 is 0. The van der Waals surface area contributed by atoms with Crippen molar-refractivity contribution in [2.45, 2.75) is 50.7 Å². The van der Waals surface area contributed by atoms with Crippen molar-refractivity contribution >= 4 is 11.8 Å². The third-order valence-corrected chi connectivity index (χ3v) is 3.79. The van der Waals surface area contributed by atoms with E-state index in [1.807, 2.05) is 11.8 Å². The van der Waals surface area contributed by atoms with Crippen LogP contribution in [0.4, 0.5) is 0 Å². The molecule has 1 heteroatoms. The van der Waals surface area contributed by atoms with Crippen LogP contribution in [0.5, 0.6) is 0 Å². The van der Waals surface area contributed by atoms with E-state index in [0.717, 1.165) is 11.2 Å². The summed E-state index contributed by atoms with van der Waals surface area (Å²) in [5.41, 5.74) is 0. The molecule has 66 valence electrons. The lowest BCUT2D eigenvalue weighted by Gasteiger charge is -2.23. The standard InChI is InChI=1S/C10H20S/c1-9(11-2)8-10-6-4-3-5-7-10/h9-10H,3-8H2,1-2H3. The lowest BCUT2D eigenvalue weighted by molar-refractivity contribution is 0.339. The summed E-state index contributed by atoms with van der Waals surface area (Å²) in [7, 11) is 0. The zero-order valence-electron chi connectivity index (χ0n) is 7.81. The Balaban J connectivity index is 2.13. The minimum absolute atomic E-state index is 0.887. The van der Waals surface area contributed by atoms with Gasteiger partial charge >= 0.3 is 0 Å². The number of hydrogen-bond donors (Lipinski definition) is 0. The maximum absolute atomic E-state index is 2.36. The minimum atomic E-state index is 0.887. The largest absolute Gasteiger partial charge is 0.162 e. The van der Waals surface area contributed by atoms with Gasteiger partial charge in [0.1, 0.15) is 0 Å². The summed E-state index contributed by atoms with van der Waals surface area (Å²) in [4.78, 5) is 0. The monoisotopic (exact) mass is 172 g/mol. The van der Waals surface area contributed by atoms with Crippen LogP contribution in [0.3, 0.4) is 0 Å². The van der Waals surface area contributed by atoms with Crippen molar-refractivity contribution in [3.05, 3.63) is 0 Å². The first-order valence-corrected chi connectivity index (χ1v) is 6.14. The van der Waals surface area contributed by atoms with Crippen molar-refractivity contribution < 1.29 is 0 Å². The molecule has 0 nitrogen and oxygen atoms in total. The van der Waals surface area contributed by atoms with Gasteiger partial charge < -0.3 is 0 Å². The molecule has 0 heterocycles. The van der Waals surface area contributed by atoms with Gasteiger partial charge in [-0.3, -0.25) is 0 Å². The number of hydrogen-bond acceptors (Lipinski definition) is 1. The van der Waals surface area contributed by atoms with E-state index in [-0.39, 0.29) is 0 Å². The third kappa shape index (κ3) is 3.50. The number of thioether (sulfide) groups is 1. The van der Waals surface area contributed by atoms with Crippen LogP contribution in [-0.2, 0) is 0 Å². The van der Waals surface area contributed by atoms with Crippen molar-refractivity contribution in [3.8, 4) is 0 Å². The Kier molecular flexibility index (Phi) is 4.36. The summed E-state index contributed by atoms with van der Waals surface area (Å²) in [6.07, 6.45) is 11.2. The Morgan fingerprint density at radius 3 is 2.45 bits per heavy atom. The molecule has 0 aromatic rings. The molecule has 1 fully saturated rings. The zero-order valence-corrected chi connectivity index (χ0v) is 8.62. The fourth-order valence-electron chi connectivity index (χ4n) is 1.99. The topological polar surface area (TPSA) is 0 Å². The zero-order chi connectivity index (χ0) is 8.10. The third-order valence-electron chi connectivity index (χ3n) is 2.79. The first-order valence-electron chi connectivity index (χ1n) is 4.85. The van der Waals surface area contributed by atoms with E-state index in [1.54, 1.807) is 0 Å². The first kappa shape index (κ1) is 9.44.